The van der Waals surface area contributed by atoms with Gasteiger partial charge in [0.05, 0.1) is 0 Å². The maximum atomic E-state index is 6.14. The van der Waals surface area contributed by atoms with E-state index in [1.165, 1.54) is 0 Å². The molecule has 0 aromatic heterocycles. The van der Waals surface area contributed by atoms with Crippen molar-refractivity contribution < 1.29 is 28.4 Å². The topological polar surface area (TPSA) is 55.4 Å². The van der Waals surface area contributed by atoms with Gasteiger partial charge in [-0.15, -0.1) is 0 Å². The van der Waals surface area contributed by atoms with Gasteiger partial charge in [-0.1, -0.05) is 18.2 Å². The van der Waals surface area contributed by atoms with E-state index in [-0.39, 0.29) is 24.4 Å². The van der Waals surface area contributed by atoms with E-state index in [1.807, 2.05) is 58.9 Å². The lowest BCUT2D eigenvalue weighted by atomic mass is 9.99. The highest BCUT2D eigenvalue weighted by Gasteiger charge is 2.60. The highest BCUT2D eigenvalue weighted by molar-refractivity contribution is 5.31. The van der Waals surface area contributed by atoms with Crippen LogP contribution in [0.2, 0.25) is 0 Å². The van der Waals surface area contributed by atoms with Gasteiger partial charge in [0.2, 0.25) is 0 Å². The minimum absolute atomic E-state index is 0.249. The molecule has 0 bridgehead atoms. The van der Waals surface area contributed by atoms with Crippen molar-refractivity contribution in [2.75, 3.05) is 6.61 Å². The van der Waals surface area contributed by atoms with Crippen LogP contribution in [0, 0.1) is 6.92 Å². The third-order valence-corrected chi connectivity index (χ3v) is 4.75. The monoisotopic (exact) mass is 350 g/mol. The molecule has 25 heavy (non-hydrogen) atoms. The molecule has 1 aromatic carbocycles. The molecule has 0 radical (unpaired) electrons. The fourth-order valence-electron chi connectivity index (χ4n) is 3.72. The number of fused-ring (bicyclic) bond motifs is 3. The van der Waals surface area contributed by atoms with Crippen molar-refractivity contribution in [1.82, 2.24) is 0 Å². The number of hydrogen-bond donors (Lipinski definition) is 0. The van der Waals surface area contributed by atoms with Crippen molar-refractivity contribution in [2.45, 2.75) is 76.9 Å². The Hall–Kier alpha value is -1.18. The summed E-state index contributed by atoms with van der Waals surface area (Å²) in [7, 11) is 0. The predicted octanol–water partition coefficient (Wildman–Crippen LogP) is 2.77. The van der Waals surface area contributed by atoms with Crippen LogP contribution in [0.5, 0.6) is 5.75 Å². The molecule has 0 amide bonds. The minimum Gasteiger partial charge on any atom is -0.491 e. The standard InChI is InChI=1S/C19H26O6/c1-11-8-6-7-9-12(11)20-10-13-14-15(23-18(2,3)22-14)16-17(21-13)25-19(4,5)24-16/h6-9,13-17H,10H2,1-5H3/t13-,14-,15+,16+,17+/m0/s1. The lowest BCUT2D eigenvalue weighted by Gasteiger charge is -2.37. The molecule has 0 aliphatic carbocycles. The van der Waals surface area contributed by atoms with Crippen LogP contribution in [0.1, 0.15) is 33.3 Å². The Balaban J connectivity index is 1.53. The van der Waals surface area contributed by atoms with Crippen LogP contribution in [0.4, 0.5) is 0 Å². The van der Waals surface area contributed by atoms with Gasteiger partial charge >= 0.3 is 0 Å². The van der Waals surface area contributed by atoms with Gasteiger partial charge in [-0.05, 0) is 46.2 Å². The Morgan fingerprint density at radius 1 is 0.880 bits per heavy atom. The van der Waals surface area contributed by atoms with Crippen LogP contribution in [-0.4, -0.2) is 48.9 Å². The van der Waals surface area contributed by atoms with Crippen LogP contribution >= 0.6 is 0 Å². The first-order valence-corrected chi connectivity index (χ1v) is 8.79. The summed E-state index contributed by atoms with van der Waals surface area (Å²) in [5, 5.41) is 0. The van der Waals surface area contributed by atoms with E-state index in [0.29, 0.717) is 6.61 Å². The second kappa shape index (κ2) is 5.93. The summed E-state index contributed by atoms with van der Waals surface area (Å²) in [5.41, 5.74) is 1.08. The van der Waals surface area contributed by atoms with E-state index < -0.39 is 17.9 Å². The first-order valence-electron chi connectivity index (χ1n) is 8.79. The predicted molar refractivity (Wildman–Crippen MR) is 89.2 cm³/mol. The first kappa shape index (κ1) is 17.2. The maximum absolute atomic E-state index is 6.14. The minimum atomic E-state index is -0.707. The maximum Gasteiger partial charge on any atom is 0.190 e. The molecule has 0 N–H and O–H groups in total. The van der Waals surface area contributed by atoms with Crippen LogP contribution in [0.3, 0.4) is 0 Å². The van der Waals surface area contributed by atoms with E-state index in [1.54, 1.807) is 0 Å². The van der Waals surface area contributed by atoms with Crippen LogP contribution in [0.15, 0.2) is 24.3 Å². The lowest BCUT2D eigenvalue weighted by molar-refractivity contribution is -0.238. The fraction of sp³-hybridized carbons (Fsp3) is 0.684. The summed E-state index contributed by atoms with van der Waals surface area (Å²) >= 11 is 0. The highest BCUT2D eigenvalue weighted by atomic mass is 16.9. The molecule has 6 heteroatoms. The largest absolute Gasteiger partial charge is 0.491 e. The molecule has 0 unspecified atom stereocenters. The molecule has 3 aliphatic rings. The average molecular weight is 350 g/mol. The van der Waals surface area contributed by atoms with Gasteiger partial charge in [-0.3, -0.25) is 0 Å². The van der Waals surface area contributed by atoms with Gasteiger partial charge in [0.15, 0.2) is 17.9 Å². The van der Waals surface area contributed by atoms with E-state index in [0.717, 1.165) is 11.3 Å². The third kappa shape index (κ3) is 3.29. The molecule has 3 aliphatic heterocycles. The van der Waals surface area contributed by atoms with Gasteiger partial charge in [-0.2, -0.15) is 0 Å². The summed E-state index contributed by atoms with van der Waals surface area (Å²) in [6, 6.07) is 7.91. The molecule has 3 fully saturated rings. The van der Waals surface area contributed by atoms with Crippen molar-refractivity contribution in [1.29, 1.82) is 0 Å². The van der Waals surface area contributed by atoms with Gasteiger partial charge in [0.1, 0.15) is 36.8 Å². The molecule has 3 heterocycles. The Kier molecular flexibility index (Phi) is 4.09. The smallest absolute Gasteiger partial charge is 0.190 e. The fourth-order valence-corrected chi connectivity index (χ4v) is 3.72. The Morgan fingerprint density at radius 3 is 2.28 bits per heavy atom. The van der Waals surface area contributed by atoms with Gasteiger partial charge in [0, 0.05) is 0 Å². The number of aryl methyl sites for hydroxylation is 1. The molecule has 0 spiro atoms. The highest BCUT2D eigenvalue weighted by Crippen LogP contribution is 2.44. The van der Waals surface area contributed by atoms with Crippen LogP contribution in [0.25, 0.3) is 0 Å². The summed E-state index contributed by atoms with van der Waals surface area (Å²) in [4.78, 5) is 0. The van der Waals surface area contributed by atoms with E-state index in [4.69, 9.17) is 28.4 Å². The number of benzene rings is 1. The molecule has 6 nitrogen and oxygen atoms in total. The van der Waals surface area contributed by atoms with E-state index in [9.17, 15) is 0 Å². The molecule has 4 rings (SSSR count). The normalized spacial score (nSPS) is 38.2. The molecule has 0 saturated carbocycles. The van der Waals surface area contributed by atoms with E-state index in [2.05, 4.69) is 0 Å². The van der Waals surface area contributed by atoms with Crippen molar-refractivity contribution in [3.05, 3.63) is 29.8 Å². The summed E-state index contributed by atoms with van der Waals surface area (Å²) in [5.74, 6) is -0.557. The van der Waals surface area contributed by atoms with Gasteiger partial charge in [0.25, 0.3) is 0 Å². The zero-order valence-corrected chi connectivity index (χ0v) is 15.4. The number of hydrogen-bond acceptors (Lipinski definition) is 6. The summed E-state index contributed by atoms with van der Waals surface area (Å²) in [6.07, 6.45) is -1.61. The van der Waals surface area contributed by atoms with E-state index >= 15 is 0 Å². The third-order valence-electron chi connectivity index (χ3n) is 4.75. The first-order chi connectivity index (χ1) is 11.7. The van der Waals surface area contributed by atoms with Crippen molar-refractivity contribution in [3.8, 4) is 5.75 Å². The van der Waals surface area contributed by atoms with Crippen molar-refractivity contribution in [3.63, 3.8) is 0 Å². The summed E-state index contributed by atoms with van der Waals surface area (Å²) < 4.78 is 36.2. The molecule has 1 aromatic rings. The number of rotatable bonds is 3. The molecular formula is C19H26O6. The number of ether oxygens (including phenoxy) is 6. The summed E-state index contributed by atoms with van der Waals surface area (Å²) in [6.45, 7) is 9.94. The molecular weight excluding hydrogens is 324 g/mol. The molecule has 5 atom stereocenters. The quantitative estimate of drug-likeness (QED) is 0.836. The average Bonchev–Trinajstić information content (AvgIpc) is 3.00. The molecule has 3 saturated heterocycles. The second-order valence-corrected chi connectivity index (χ2v) is 7.78. The van der Waals surface area contributed by atoms with Crippen LogP contribution in [-0.2, 0) is 23.7 Å². The van der Waals surface area contributed by atoms with Gasteiger partial charge in [-0.25, -0.2) is 0 Å². The Labute approximate surface area is 148 Å². The van der Waals surface area contributed by atoms with Gasteiger partial charge < -0.3 is 28.4 Å². The van der Waals surface area contributed by atoms with Crippen molar-refractivity contribution in [2.24, 2.45) is 0 Å². The zero-order valence-electron chi connectivity index (χ0n) is 15.4. The zero-order chi connectivity index (χ0) is 17.8. The Bertz CT molecular complexity index is 643. The number of para-hydroxylation sites is 1. The van der Waals surface area contributed by atoms with Crippen LogP contribution < -0.4 is 4.74 Å². The second-order valence-electron chi connectivity index (χ2n) is 7.78. The van der Waals surface area contributed by atoms with Crippen molar-refractivity contribution >= 4 is 0 Å². The molecule has 138 valence electrons. The lowest BCUT2D eigenvalue weighted by Crippen LogP contribution is -2.56. The Morgan fingerprint density at radius 2 is 1.52 bits per heavy atom. The SMILES string of the molecule is Cc1ccccc1OC[C@@H]1O[C@@H]2OC(C)(C)O[C@@H]2[C@@H]2OC(C)(C)O[C@H]21.